The van der Waals surface area contributed by atoms with Gasteiger partial charge in [0.05, 0.1) is 12.7 Å². The van der Waals surface area contributed by atoms with Gasteiger partial charge in [0.15, 0.2) is 18.9 Å². The number of nitrogens with one attached hydrogen (secondary N) is 2. The number of methoxy groups -OCH3 is 1. The van der Waals surface area contributed by atoms with E-state index in [1.807, 2.05) is 59.6 Å². The van der Waals surface area contributed by atoms with Gasteiger partial charge in [-0.1, -0.05) is 12.1 Å². The molecular formula is C26H27BrFN3O2. The molecular weight excluding hydrogens is 485 g/mol. The molecule has 0 saturated heterocycles. The zero-order chi connectivity index (χ0) is 22.3. The summed E-state index contributed by atoms with van der Waals surface area (Å²) < 4.78 is 21.0. The fourth-order valence-corrected chi connectivity index (χ4v) is 3.76. The molecule has 0 aliphatic carbocycles. The highest BCUT2D eigenvalue weighted by molar-refractivity contribution is 5.84. The van der Waals surface area contributed by atoms with Gasteiger partial charge >= 0.3 is 0 Å². The number of aryl methyl sites for hydroxylation is 1. The van der Waals surface area contributed by atoms with Crippen molar-refractivity contribution < 1.29 is 35.5 Å². The van der Waals surface area contributed by atoms with Gasteiger partial charge in [0.2, 0.25) is 5.91 Å². The molecule has 0 aliphatic heterocycles. The summed E-state index contributed by atoms with van der Waals surface area (Å²) in [6.45, 7) is 1.06. The van der Waals surface area contributed by atoms with Crippen molar-refractivity contribution in [1.82, 2.24) is 10.3 Å². The zero-order valence-corrected chi connectivity index (χ0v) is 20.1. The number of pyridine rings is 1. The lowest BCUT2D eigenvalue weighted by Gasteiger charge is -2.06. The monoisotopic (exact) mass is 511 g/mol. The normalized spacial score (nSPS) is 10.6. The molecule has 1 amide bonds. The number of carbonyl (C=O) groups is 1. The summed E-state index contributed by atoms with van der Waals surface area (Å²) in [6.07, 6.45) is 7.67. The molecule has 0 atom stereocenters. The summed E-state index contributed by atoms with van der Waals surface area (Å²) in [5.74, 6) is 0.651. The van der Waals surface area contributed by atoms with Crippen LogP contribution in [0.15, 0.2) is 73.2 Å². The molecule has 2 N–H and O–H groups in total. The first kappa shape index (κ1) is 24.5. The van der Waals surface area contributed by atoms with Gasteiger partial charge in [-0.25, -0.2) is 8.96 Å². The molecule has 2 aromatic heterocycles. The molecule has 0 aliphatic rings. The van der Waals surface area contributed by atoms with E-state index in [1.165, 1.54) is 6.07 Å². The summed E-state index contributed by atoms with van der Waals surface area (Å²) in [5, 5.41) is 4.12. The van der Waals surface area contributed by atoms with Crippen LogP contribution in [0.25, 0.3) is 10.9 Å². The van der Waals surface area contributed by atoms with Crippen LogP contribution in [0.5, 0.6) is 5.75 Å². The van der Waals surface area contributed by atoms with Gasteiger partial charge in [-0.2, -0.15) is 0 Å². The molecule has 2 aromatic carbocycles. The number of aromatic amines is 1. The minimum absolute atomic E-state index is 0. The molecule has 0 unspecified atom stereocenters. The molecule has 33 heavy (non-hydrogen) atoms. The summed E-state index contributed by atoms with van der Waals surface area (Å²) >= 11 is 0. The number of ether oxygens (including phenoxy) is 1. The van der Waals surface area contributed by atoms with Crippen molar-refractivity contribution in [3.05, 3.63) is 95.7 Å². The average Bonchev–Trinajstić information content (AvgIpc) is 3.22. The molecule has 172 valence electrons. The lowest BCUT2D eigenvalue weighted by atomic mass is 10.1. The standard InChI is InChI=1S/C26H26FN3O2.BrH/c1-32-22-7-8-25-23(16-22)20(17-29-25)10-13-28-26(31)9-6-19-11-14-30(15-12-19)18-21-4-2-3-5-24(21)27;/h2-5,7-8,11-12,14-17,29H,6,9-10,13,18H2,1H3;1H. The van der Waals surface area contributed by atoms with Crippen LogP contribution in [-0.2, 0) is 24.2 Å². The fraction of sp³-hybridized carbons (Fsp3) is 0.231. The highest BCUT2D eigenvalue weighted by atomic mass is 79.9. The molecule has 4 aromatic rings. The third kappa shape index (κ3) is 6.42. The van der Waals surface area contributed by atoms with Gasteiger partial charge in [0.25, 0.3) is 0 Å². The maximum atomic E-state index is 13.8. The second-order valence-electron chi connectivity index (χ2n) is 7.80. The highest BCUT2D eigenvalue weighted by Gasteiger charge is 2.09. The summed E-state index contributed by atoms with van der Waals surface area (Å²) in [5.41, 5.74) is 3.94. The highest BCUT2D eigenvalue weighted by Crippen LogP contribution is 2.23. The van der Waals surface area contributed by atoms with E-state index < -0.39 is 0 Å². The van der Waals surface area contributed by atoms with Crippen LogP contribution in [0.1, 0.15) is 23.1 Å². The van der Waals surface area contributed by atoms with Crippen LogP contribution in [-0.4, -0.2) is 24.5 Å². The summed E-state index contributed by atoms with van der Waals surface area (Å²) in [7, 11) is 1.66. The number of nitrogens with zero attached hydrogens (tertiary/aromatic N) is 1. The van der Waals surface area contributed by atoms with E-state index in [1.54, 1.807) is 19.2 Å². The van der Waals surface area contributed by atoms with Crippen LogP contribution in [0.3, 0.4) is 0 Å². The van der Waals surface area contributed by atoms with E-state index in [0.717, 1.165) is 34.2 Å². The topological polar surface area (TPSA) is 58.0 Å². The average molecular weight is 512 g/mol. The Balaban J connectivity index is 0.00000306. The van der Waals surface area contributed by atoms with Gasteiger partial charge < -0.3 is 32.0 Å². The smallest absolute Gasteiger partial charge is 0.220 e. The maximum absolute atomic E-state index is 13.8. The van der Waals surface area contributed by atoms with Gasteiger partial charge in [-0.05, 0) is 54.3 Å². The molecule has 0 radical (unpaired) electrons. The Kier molecular flexibility index (Phi) is 8.60. The van der Waals surface area contributed by atoms with Crippen LogP contribution in [0.2, 0.25) is 0 Å². The maximum Gasteiger partial charge on any atom is 0.220 e. The van der Waals surface area contributed by atoms with Crippen molar-refractivity contribution in [2.24, 2.45) is 0 Å². The second kappa shape index (κ2) is 11.6. The minimum atomic E-state index is -0.201. The van der Waals surface area contributed by atoms with Crippen molar-refractivity contribution in [3.8, 4) is 5.75 Å². The third-order valence-corrected chi connectivity index (χ3v) is 5.60. The molecule has 7 heteroatoms. The van der Waals surface area contributed by atoms with Crippen LogP contribution in [0, 0.1) is 5.82 Å². The van der Waals surface area contributed by atoms with Crippen LogP contribution in [0.4, 0.5) is 4.39 Å². The van der Waals surface area contributed by atoms with E-state index >= 15 is 0 Å². The number of amides is 1. The number of H-pyrrole nitrogens is 1. The van der Waals surface area contributed by atoms with Crippen molar-refractivity contribution in [2.45, 2.75) is 25.8 Å². The third-order valence-electron chi connectivity index (χ3n) is 5.60. The SMILES string of the molecule is COc1ccc2[nH]cc(CCNC(=O)CCc3cc[n+](Cc4ccccc4F)cc3)c2c1.[Br-]. The van der Waals surface area contributed by atoms with Crippen molar-refractivity contribution in [3.63, 3.8) is 0 Å². The predicted octanol–water partition coefficient (Wildman–Crippen LogP) is 0.947. The number of carbonyl (C=O) groups excluding carboxylic acids is 1. The Morgan fingerprint density at radius 1 is 1.06 bits per heavy atom. The Labute approximate surface area is 203 Å². The number of halogens is 2. The minimum Gasteiger partial charge on any atom is -1.00 e. The number of aromatic nitrogens is 2. The van der Waals surface area contributed by atoms with Crippen molar-refractivity contribution in [2.75, 3.05) is 13.7 Å². The molecule has 5 nitrogen and oxygen atoms in total. The zero-order valence-electron chi connectivity index (χ0n) is 18.5. The first-order chi connectivity index (χ1) is 15.6. The quantitative estimate of drug-likeness (QED) is 0.328. The summed E-state index contributed by atoms with van der Waals surface area (Å²) in [4.78, 5) is 15.5. The largest absolute Gasteiger partial charge is 1.00 e. The van der Waals surface area contributed by atoms with Crippen LogP contribution >= 0.6 is 0 Å². The number of fused-ring (bicyclic) bond motifs is 1. The van der Waals surface area contributed by atoms with Crippen molar-refractivity contribution >= 4 is 16.8 Å². The predicted molar refractivity (Wildman–Crippen MR) is 122 cm³/mol. The summed E-state index contributed by atoms with van der Waals surface area (Å²) in [6, 6.07) is 16.7. The number of hydrogen-bond acceptors (Lipinski definition) is 2. The Morgan fingerprint density at radius 2 is 1.85 bits per heavy atom. The Morgan fingerprint density at radius 3 is 2.61 bits per heavy atom. The van der Waals surface area contributed by atoms with Gasteiger partial charge in [-0.15, -0.1) is 0 Å². The van der Waals surface area contributed by atoms with Crippen molar-refractivity contribution in [1.29, 1.82) is 0 Å². The van der Waals surface area contributed by atoms with E-state index in [4.69, 9.17) is 4.74 Å². The lowest BCUT2D eigenvalue weighted by Crippen LogP contribution is -3.00. The number of benzene rings is 2. The molecule has 4 rings (SSSR count). The second-order valence-corrected chi connectivity index (χ2v) is 7.80. The molecule has 0 spiro atoms. The molecule has 2 heterocycles. The Hall–Kier alpha value is -3.19. The lowest BCUT2D eigenvalue weighted by molar-refractivity contribution is -0.688. The first-order valence-electron chi connectivity index (χ1n) is 10.7. The Bertz CT molecular complexity index is 1210. The molecule has 0 bridgehead atoms. The van der Waals surface area contributed by atoms with E-state index in [0.29, 0.717) is 31.5 Å². The molecule has 0 fully saturated rings. The van der Waals surface area contributed by atoms with Crippen LogP contribution < -0.4 is 31.6 Å². The van der Waals surface area contributed by atoms with Gasteiger partial charge in [0.1, 0.15) is 11.6 Å². The number of rotatable bonds is 9. The fourth-order valence-electron chi connectivity index (χ4n) is 3.76. The van der Waals surface area contributed by atoms with Gasteiger partial charge in [-0.3, -0.25) is 4.79 Å². The van der Waals surface area contributed by atoms with E-state index in [-0.39, 0.29) is 28.7 Å². The van der Waals surface area contributed by atoms with E-state index in [9.17, 15) is 9.18 Å². The van der Waals surface area contributed by atoms with Gasteiger partial charge in [0, 0.05) is 42.2 Å². The number of hydrogen-bond donors (Lipinski definition) is 2. The molecule has 0 saturated carbocycles. The first-order valence-corrected chi connectivity index (χ1v) is 10.7. The van der Waals surface area contributed by atoms with E-state index in [2.05, 4.69) is 10.3 Å².